The third-order valence-electron chi connectivity index (χ3n) is 4.32. The van der Waals surface area contributed by atoms with Crippen LogP contribution in [0.4, 0.5) is 5.69 Å². The van der Waals surface area contributed by atoms with Gasteiger partial charge in [0.05, 0.1) is 24.8 Å². The molecule has 1 aliphatic rings. The largest absolute Gasteiger partial charge is 0.379 e. The molecule has 1 fully saturated rings. The fourth-order valence-corrected chi connectivity index (χ4v) is 2.81. The van der Waals surface area contributed by atoms with Gasteiger partial charge in [0.15, 0.2) is 0 Å². The Hall–Kier alpha value is -3.28. The molecule has 1 aliphatic heterocycles. The number of ether oxygens (including phenoxy) is 1. The Balaban J connectivity index is 1.57. The highest BCUT2D eigenvalue weighted by Gasteiger charge is 2.14. The minimum absolute atomic E-state index is 0.181. The van der Waals surface area contributed by atoms with Crippen LogP contribution in [0.3, 0.4) is 0 Å². The first-order chi connectivity index (χ1) is 13.7. The maximum atomic E-state index is 12.4. The Morgan fingerprint density at radius 2 is 2.00 bits per heavy atom. The summed E-state index contributed by atoms with van der Waals surface area (Å²) >= 11 is 0. The van der Waals surface area contributed by atoms with Gasteiger partial charge in [-0.15, -0.1) is 0 Å². The standard InChI is InChI=1S/C20H21N5O3/c21-14-15-2-1-3-17(12-15)24-19(26)16-4-5-22-18(13-16)20(27)23-6-7-25-8-10-28-11-9-25/h1-5,12-13H,6-11H2,(H,23,27)(H,24,26). The molecule has 144 valence electrons. The number of hydrogen-bond acceptors (Lipinski definition) is 6. The number of nitriles is 1. The molecule has 1 aromatic heterocycles. The third kappa shape index (κ3) is 5.36. The van der Waals surface area contributed by atoms with Crippen molar-refractivity contribution in [1.82, 2.24) is 15.2 Å². The maximum Gasteiger partial charge on any atom is 0.269 e. The van der Waals surface area contributed by atoms with Crippen molar-refractivity contribution in [2.75, 3.05) is 44.7 Å². The molecule has 8 nitrogen and oxygen atoms in total. The predicted octanol–water partition coefficient (Wildman–Crippen LogP) is 1.27. The molecule has 1 saturated heterocycles. The molecule has 2 heterocycles. The summed E-state index contributed by atoms with van der Waals surface area (Å²) in [4.78, 5) is 31.0. The van der Waals surface area contributed by atoms with Crippen molar-refractivity contribution in [2.24, 2.45) is 0 Å². The summed E-state index contributed by atoms with van der Waals surface area (Å²) in [5.41, 5.74) is 1.46. The van der Waals surface area contributed by atoms with Crippen molar-refractivity contribution in [3.8, 4) is 6.07 Å². The molecule has 2 aromatic rings. The van der Waals surface area contributed by atoms with Crippen LogP contribution in [-0.2, 0) is 4.74 Å². The van der Waals surface area contributed by atoms with Crippen LogP contribution in [0, 0.1) is 11.3 Å². The Morgan fingerprint density at radius 1 is 1.18 bits per heavy atom. The normalized spacial score (nSPS) is 14.1. The van der Waals surface area contributed by atoms with E-state index < -0.39 is 0 Å². The van der Waals surface area contributed by atoms with E-state index in [4.69, 9.17) is 10.00 Å². The van der Waals surface area contributed by atoms with Crippen molar-refractivity contribution < 1.29 is 14.3 Å². The van der Waals surface area contributed by atoms with Crippen LogP contribution in [0.1, 0.15) is 26.4 Å². The van der Waals surface area contributed by atoms with Gasteiger partial charge >= 0.3 is 0 Å². The van der Waals surface area contributed by atoms with Crippen molar-refractivity contribution in [3.05, 3.63) is 59.4 Å². The number of carbonyl (C=O) groups is 2. The van der Waals surface area contributed by atoms with Gasteiger partial charge in [0, 0.05) is 43.6 Å². The summed E-state index contributed by atoms with van der Waals surface area (Å²) < 4.78 is 5.29. The molecule has 1 aromatic carbocycles. The topological polar surface area (TPSA) is 107 Å². The first kappa shape index (κ1) is 19.5. The lowest BCUT2D eigenvalue weighted by atomic mass is 10.2. The van der Waals surface area contributed by atoms with E-state index in [0.717, 1.165) is 19.6 Å². The van der Waals surface area contributed by atoms with E-state index in [1.54, 1.807) is 24.3 Å². The molecular formula is C20H21N5O3. The number of nitrogens with zero attached hydrogens (tertiary/aromatic N) is 3. The van der Waals surface area contributed by atoms with Gasteiger partial charge < -0.3 is 15.4 Å². The molecule has 2 amide bonds. The number of pyridine rings is 1. The lowest BCUT2D eigenvalue weighted by Gasteiger charge is -2.26. The fourth-order valence-electron chi connectivity index (χ4n) is 2.81. The van der Waals surface area contributed by atoms with Gasteiger partial charge in [-0.1, -0.05) is 6.07 Å². The summed E-state index contributed by atoms with van der Waals surface area (Å²) in [6.45, 7) is 4.38. The second-order valence-corrected chi connectivity index (χ2v) is 6.29. The van der Waals surface area contributed by atoms with Gasteiger partial charge in [0.25, 0.3) is 11.8 Å². The molecule has 0 radical (unpaired) electrons. The van der Waals surface area contributed by atoms with E-state index in [1.807, 2.05) is 6.07 Å². The summed E-state index contributed by atoms with van der Waals surface area (Å²) in [7, 11) is 0. The molecule has 3 rings (SSSR count). The third-order valence-corrected chi connectivity index (χ3v) is 4.32. The maximum absolute atomic E-state index is 12.4. The van der Waals surface area contributed by atoms with Crippen molar-refractivity contribution >= 4 is 17.5 Å². The van der Waals surface area contributed by atoms with Gasteiger partial charge in [0.2, 0.25) is 0 Å². The molecular weight excluding hydrogens is 358 g/mol. The zero-order valence-corrected chi connectivity index (χ0v) is 15.4. The fraction of sp³-hybridized carbons (Fsp3) is 0.300. The second-order valence-electron chi connectivity index (χ2n) is 6.29. The van der Waals surface area contributed by atoms with Gasteiger partial charge in [0.1, 0.15) is 5.69 Å². The van der Waals surface area contributed by atoms with E-state index in [2.05, 4.69) is 20.5 Å². The number of carbonyl (C=O) groups excluding carboxylic acids is 2. The highest BCUT2D eigenvalue weighted by Crippen LogP contribution is 2.12. The minimum atomic E-state index is -0.375. The van der Waals surface area contributed by atoms with E-state index in [1.165, 1.54) is 18.3 Å². The van der Waals surface area contributed by atoms with E-state index >= 15 is 0 Å². The van der Waals surface area contributed by atoms with Crippen LogP contribution in [0.15, 0.2) is 42.6 Å². The quantitative estimate of drug-likeness (QED) is 0.783. The van der Waals surface area contributed by atoms with Gasteiger partial charge in [-0.3, -0.25) is 19.5 Å². The molecule has 0 atom stereocenters. The number of anilines is 1. The Morgan fingerprint density at radius 3 is 2.79 bits per heavy atom. The monoisotopic (exact) mass is 379 g/mol. The predicted molar refractivity (Wildman–Crippen MR) is 103 cm³/mol. The molecule has 0 bridgehead atoms. The van der Waals surface area contributed by atoms with E-state index in [9.17, 15) is 9.59 Å². The van der Waals surface area contributed by atoms with Crippen molar-refractivity contribution in [1.29, 1.82) is 5.26 Å². The zero-order chi connectivity index (χ0) is 19.8. The number of hydrogen-bond donors (Lipinski definition) is 2. The smallest absolute Gasteiger partial charge is 0.269 e. The van der Waals surface area contributed by atoms with E-state index in [0.29, 0.717) is 36.6 Å². The Labute approximate surface area is 163 Å². The summed E-state index contributed by atoms with van der Waals surface area (Å²) in [5, 5.41) is 14.5. The SMILES string of the molecule is N#Cc1cccc(NC(=O)c2ccnc(C(=O)NCCN3CCOCC3)c2)c1. The van der Waals surface area contributed by atoms with Crippen molar-refractivity contribution in [2.45, 2.75) is 0 Å². The number of nitrogens with one attached hydrogen (secondary N) is 2. The number of benzene rings is 1. The lowest BCUT2D eigenvalue weighted by molar-refractivity contribution is 0.0383. The Kier molecular flexibility index (Phi) is 6.68. The summed E-state index contributed by atoms with van der Waals surface area (Å²) in [6, 6.07) is 11.6. The van der Waals surface area contributed by atoms with Crippen molar-refractivity contribution in [3.63, 3.8) is 0 Å². The van der Waals surface area contributed by atoms with Crippen LogP contribution >= 0.6 is 0 Å². The number of rotatable bonds is 6. The number of amides is 2. The van der Waals surface area contributed by atoms with Gasteiger partial charge in [-0.05, 0) is 30.3 Å². The van der Waals surface area contributed by atoms with Gasteiger partial charge in [-0.25, -0.2) is 0 Å². The second kappa shape index (κ2) is 9.60. The molecule has 0 saturated carbocycles. The molecule has 28 heavy (non-hydrogen) atoms. The highest BCUT2D eigenvalue weighted by molar-refractivity contribution is 6.05. The molecule has 0 unspecified atom stereocenters. The first-order valence-electron chi connectivity index (χ1n) is 9.01. The highest BCUT2D eigenvalue weighted by atomic mass is 16.5. The number of morpholine rings is 1. The average Bonchev–Trinajstić information content (AvgIpc) is 2.74. The molecule has 0 spiro atoms. The minimum Gasteiger partial charge on any atom is -0.379 e. The average molecular weight is 379 g/mol. The molecule has 0 aliphatic carbocycles. The van der Waals surface area contributed by atoms with Crippen LogP contribution in [0.2, 0.25) is 0 Å². The Bertz CT molecular complexity index is 887. The van der Waals surface area contributed by atoms with Gasteiger partial charge in [-0.2, -0.15) is 5.26 Å². The molecule has 8 heteroatoms. The lowest BCUT2D eigenvalue weighted by Crippen LogP contribution is -2.41. The number of aromatic nitrogens is 1. The van der Waals surface area contributed by atoms with Crippen LogP contribution < -0.4 is 10.6 Å². The van der Waals surface area contributed by atoms with Crippen LogP contribution in [-0.4, -0.2) is 61.1 Å². The van der Waals surface area contributed by atoms with E-state index in [-0.39, 0.29) is 17.5 Å². The summed E-state index contributed by atoms with van der Waals surface area (Å²) in [6.07, 6.45) is 1.43. The van der Waals surface area contributed by atoms with Crippen LogP contribution in [0.25, 0.3) is 0 Å². The zero-order valence-electron chi connectivity index (χ0n) is 15.4. The first-order valence-corrected chi connectivity index (χ1v) is 9.01. The molecule has 2 N–H and O–H groups in total. The van der Waals surface area contributed by atoms with Crippen LogP contribution in [0.5, 0.6) is 0 Å². The summed E-state index contributed by atoms with van der Waals surface area (Å²) in [5.74, 6) is -0.700.